The number of amides is 1. The van der Waals surface area contributed by atoms with Crippen molar-refractivity contribution in [2.75, 3.05) is 6.54 Å². The molecule has 0 spiro atoms. The van der Waals surface area contributed by atoms with E-state index in [1.54, 1.807) is 0 Å². The molecule has 7 nitrogen and oxygen atoms in total. The summed E-state index contributed by atoms with van der Waals surface area (Å²) >= 11 is 0. The van der Waals surface area contributed by atoms with Crippen LogP contribution in [0.4, 0.5) is 0 Å². The third kappa shape index (κ3) is 2.51. The largest absolute Gasteiger partial charge is 0.447 e. The maximum absolute atomic E-state index is 12.2. The van der Waals surface area contributed by atoms with Gasteiger partial charge in [-0.25, -0.2) is 4.98 Å². The lowest BCUT2D eigenvalue weighted by Gasteiger charge is -2.14. The number of nitrogens with one attached hydrogen (secondary N) is 1. The first-order valence-corrected chi connectivity index (χ1v) is 7.95. The van der Waals surface area contributed by atoms with Gasteiger partial charge in [0.15, 0.2) is 12.1 Å². The molecule has 116 valence electrons. The first-order valence-electron chi connectivity index (χ1n) is 7.95. The molecule has 1 fully saturated rings. The molecule has 1 aliphatic heterocycles. The Kier molecular flexibility index (Phi) is 3.40. The number of aryl methyl sites for hydroxylation is 1. The van der Waals surface area contributed by atoms with Crippen LogP contribution in [0.15, 0.2) is 10.8 Å². The van der Waals surface area contributed by atoms with Crippen LogP contribution in [0.1, 0.15) is 59.5 Å². The molecule has 0 atom stereocenters. The summed E-state index contributed by atoms with van der Waals surface area (Å²) in [5.74, 6) is 2.98. The average Bonchev–Trinajstić information content (AvgIpc) is 3.12. The summed E-state index contributed by atoms with van der Waals surface area (Å²) in [5, 5.41) is 11.4. The van der Waals surface area contributed by atoms with Crippen LogP contribution in [-0.2, 0) is 19.4 Å². The van der Waals surface area contributed by atoms with Gasteiger partial charge in [0.1, 0.15) is 17.4 Å². The Morgan fingerprint density at radius 2 is 2.27 bits per heavy atom. The monoisotopic (exact) mass is 301 g/mol. The molecule has 2 aromatic rings. The molecule has 22 heavy (non-hydrogen) atoms. The molecule has 4 rings (SSSR count). The minimum Gasteiger partial charge on any atom is -0.447 e. The summed E-state index contributed by atoms with van der Waals surface area (Å²) in [6.45, 7) is 1.52. The van der Waals surface area contributed by atoms with Gasteiger partial charge in [-0.15, -0.1) is 10.2 Å². The van der Waals surface area contributed by atoms with Crippen molar-refractivity contribution in [1.82, 2.24) is 25.1 Å². The van der Waals surface area contributed by atoms with Crippen molar-refractivity contribution in [3.05, 3.63) is 29.5 Å². The van der Waals surface area contributed by atoms with Gasteiger partial charge in [-0.05, 0) is 25.7 Å². The maximum atomic E-state index is 12.2. The van der Waals surface area contributed by atoms with Crippen molar-refractivity contribution in [1.29, 1.82) is 0 Å². The predicted octanol–water partition coefficient (Wildman–Crippen LogP) is 1.45. The topological polar surface area (TPSA) is 85.8 Å². The molecule has 1 aliphatic carbocycles. The zero-order valence-corrected chi connectivity index (χ0v) is 12.4. The molecule has 0 unspecified atom stereocenters. The second-order valence-corrected chi connectivity index (χ2v) is 5.99. The quantitative estimate of drug-likeness (QED) is 0.903. The van der Waals surface area contributed by atoms with Crippen molar-refractivity contribution < 1.29 is 9.21 Å². The molecule has 1 amide bonds. The number of oxazole rings is 1. The van der Waals surface area contributed by atoms with Gasteiger partial charge < -0.3 is 14.3 Å². The van der Waals surface area contributed by atoms with E-state index in [1.807, 2.05) is 0 Å². The normalized spacial score (nSPS) is 17.3. The number of hydrogen-bond donors (Lipinski definition) is 1. The van der Waals surface area contributed by atoms with E-state index < -0.39 is 0 Å². The van der Waals surface area contributed by atoms with E-state index in [0.717, 1.165) is 43.2 Å². The highest BCUT2D eigenvalue weighted by Crippen LogP contribution is 2.41. The van der Waals surface area contributed by atoms with E-state index in [9.17, 15) is 4.79 Å². The lowest BCUT2D eigenvalue weighted by Crippen LogP contribution is -2.27. The van der Waals surface area contributed by atoms with Gasteiger partial charge in [-0.2, -0.15) is 0 Å². The summed E-state index contributed by atoms with van der Waals surface area (Å²) < 4.78 is 7.52. The molecule has 2 aromatic heterocycles. The highest BCUT2D eigenvalue weighted by atomic mass is 16.3. The van der Waals surface area contributed by atoms with Crippen LogP contribution in [0, 0.1) is 0 Å². The molecule has 7 heteroatoms. The number of aromatic nitrogens is 4. The number of carbonyl (C=O) groups is 1. The Hall–Kier alpha value is -2.18. The zero-order chi connectivity index (χ0) is 14.9. The summed E-state index contributed by atoms with van der Waals surface area (Å²) in [7, 11) is 0. The van der Waals surface area contributed by atoms with Gasteiger partial charge >= 0.3 is 0 Å². The van der Waals surface area contributed by atoms with Crippen LogP contribution >= 0.6 is 0 Å². The summed E-state index contributed by atoms with van der Waals surface area (Å²) in [5.41, 5.74) is 0.436. The van der Waals surface area contributed by atoms with Crippen LogP contribution < -0.4 is 5.32 Å². The van der Waals surface area contributed by atoms with E-state index in [0.29, 0.717) is 24.6 Å². The number of fused-ring (bicyclic) bond motifs is 1. The van der Waals surface area contributed by atoms with E-state index in [4.69, 9.17) is 4.42 Å². The number of rotatable bonds is 5. The van der Waals surface area contributed by atoms with Crippen LogP contribution in [0.25, 0.3) is 0 Å². The van der Waals surface area contributed by atoms with Crippen LogP contribution in [0.2, 0.25) is 0 Å². The van der Waals surface area contributed by atoms with E-state index in [1.165, 1.54) is 19.2 Å². The lowest BCUT2D eigenvalue weighted by molar-refractivity contribution is 0.0947. The van der Waals surface area contributed by atoms with Crippen molar-refractivity contribution >= 4 is 5.91 Å². The molecule has 3 heterocycles. The molecule has 0 aromatic carbocycles. The van der Waals surface area contributed by atoms with Gasteiger partial charge in [0.05, 0.1) is 0 Å². The van der Waals surface area contributed by atoms with Crippen LogP contribution in [0.3, 0.4) is 0 Å². The highest BCUT2D eigenvalue weighted by Gasteiger charge is 2.32. The average molecular weight is 301 g/mol. The van der Waals surface area contributed by atoms with E-state index in [2.05, 4.69) is 25.1 Å². The Morgan fingerprint density at radius 3 is 3.14 bits per heavy atom. The first kappa shape index (κ1) is 13.5. The van der Waals surface area contributed by atoms with Crippen molar-refractivity contribution in [3.63, 3.8) is 0 Å². The molecule has 0 bridgehead atoms. The predicted molar refractivity (Wildman–Crippen MR) is 77.5 cm³/mol. The van der Waals surface area contributed by atoms with Gasteiger partial charge in [0.25, 0.3) is 5.91 Å². The smallest absolute Gasteiger partial charge is 0.273 e. The van der Waals surface area contributed by atoms with Gasteiger partial charge in [0, 0.05) is 31.8 Å². The van der Waals surface area contributed by atoms with Gasteiger partial charge in [0.2, 0.25) is 0 Å². The highest BCUT2D eigenvalue weighted by molar-refractivity contribution is 5.93. The van der Waals surface area contributed by atoms with E-state index >= 15 is 0 Å². The maximum Gasteiger partial charge on any atom is 0.273 e. The Balaban J connectivity index is 1.36. The summed E-state index contributed by atoms with van der Waals surface area (Å²) in [6, 6.07) is 0. The van der Waals surface area contributed by atoms with Crippen molar-refractivity contribution in [2.45, 2.75) is 51.0 Å². The molecule has 1 N–H and O–H groups in total. The van der Waals surface area contributed by atoms with E-state index in [-0.39, 0.29) is 5.91 Å². The second kappa shape index (κ2) is 5.55. The molecular weight excluding hydrogens is 282 g/mol. The zero-order valence-electron chi connectivity index (χ0n) is 12.4. The number of hydrogen-bond acceptors (Lipinski definition) is 5. The fourth-order valence-electron chi connectivity index (χ4n) is 2.99. The number of carbonyl (C=O) groups excluding carboxylic acids is 1. The van der Waals surface area contributed by atoms with Gasteiger partial charge in [-0.3, -0.25) is 4.79 Å². The molecule has 0 saturated heterocycles. The van der Waals surface area contributed by atoms with Crippen molar-refractivity contribution in [3.8, 4) is 0 Å². The third-order valence-electron chi connectivity index (χ3n) is 4.33. The summed E-state index contributed by atoms with van der Waals surface area (Å²) in [6.07, 6.45) is 7.58. The molecule has 0 radical (unpaired) electrons. The first-order chi connectivity index (χ1) is 10.8. The number of nitrogens with zero attached hydrogens (tertiary/aromatic N) is 4. The Labute approximate surface area is 128 Å². The molecule has 2 aliphatic rings. The minimum atomic E-state index is -0.158. The minimum absolute atomic E-state index is 0.158. The Bertz CT molecular complexity index is 686. The lowest BCUT2D eigenvalue weighted by atomic mass is 10.1. The van der Waals surface area contributed by atoms with Crippen molar-refractivity contribution in [2.24, 2.45) is 0 Å². The fraction of sp³-hybridized carbons (Fsp3) is 0.600. The SMILES string of the molecule is O=C(NCCc1nnc2n1CCCC2)c1ncoc1C1CC1. The molecular formula is C15H19N5O2. The van der Waals surface area contributed by atoms with Crippen LogP contribution in [-0.4, -0.2) is 32.2 Å². The Morgan fingerprint density at radius 1 is 1.36 bits per heavy atom. The fourth-order valence-corrected chi connectivity index (χ4v) is 2.99. The summed E-state index contributed by atoms with van der Waals surface area (Å²) in [4.78, 5) is 16.3. The molecule has 1 saturated carbocycles. The second-order valence-electron chi connectivity index (χ2n) is 5.99. The standard InChI is InChI=1S/C15H19N5O2/c21-15(13-14(10-4-5-10)22-9-17-13)16-7-6-12-19-18-11-3-1-2-8-20(11)12/h9-10H,1-8H2,(H,16,21). The van der Waals surface area contributed by atoms with Gasteiger partial charge in [-0.1, -0.05) is 0 Å². The van der Waals surface area contributed by atoms with Crippen LogP contribution in [0.5, 0.6) is 0 Å². The third-order valence-corrected chi connectivity index (χ3v) is 4.33.